The van der Waals surface area contributed by atoms with Crippen LogP contribution < -0.4 is 10.2 Å². The molecule has 0 unspecified atom stereocenters. The average Bonchev–Trinajstić information content (AvgIpc) is 2.46. The first-order chi connectivity index (χ1) is 9.63. The first kappa shape index (κ1) is 14.2. The number of ether oxygens (including phenoxy) is 1. The SMILES string of the molecule is CNc1cc(N(C)c2cccc(F)c2)nc(COC)n1. The Balaban J connectivity index is 2.37. The highest BCUT2D eigenvalue weighted by Gasteiger charge is 2.10. The van der Waals surface area contributed by atoms with E-state index in [4.69, 9.17) is 4.74 Å². The molecule has 0 bridgehead atoms. The van der Waals surface area contributed by atoms with Crippen LogP contribution in [0.3, 0.4) is 0 Å². The van der Waals surface area contributed by atoms with Gasteiger partial charge in [-0.05, 0) is 18.2 Å². The Morgan fingerprint density at radius 1 is 1.30 bits per heavy atom. The van der Waals surface area contributed by atoms with Crippen LogP contribution in [0.1, 0.15) is 5.82 Å². The van der Waals surface area contributed by atoms with E-state index in [2.05, 4.69) is 15.3 Å². The zero-order chi connectivity index (χ0) is 14.5. The van der Waals surface area contributed by atoms with Gasteiger partial charge in [0, 0.05) is 33.0 Å². The van der Waals surface area contributed by atoms with Crippen LogP contribution in [0.4, 0.5) is 21.7 Å². The first-order valence-electron chi connectivity index (χ1n) is 6.18. The van der Waals surface area contributed by atoms with Crippen molar-refractivity contribution in [2.24, 2.45) is 0 Å². The van der Waals surface area contributed by atoms with Crippen molar-refractivity contribution in [2.45, 2.75) is 6.61 Å². The third kappa shape index (κ3) is 3.21. The molecule has 0 amide bonds. The Labute approximate surface area is 117 Å². The monoisotopic (exact) mass is 276 g/mol. The molecule has 1 aromatic carbocycles. The van der Waals surface area contributed by atoms with E-state index in [1.807, 2.05) is 13.1 Å². The number of methoxy groups -OCH3 is 1. The molecule has 0 radical (unpaired) electrons. The lowest BCUT2D eigenvalue weighted by molar-refractivity contribution is 0.178. The lowest BCUT2D eigenvalue weighted by atomic mass is 10.3. The van der Waals surface area contributed by atoms with Gasteiger partial charge in [-0.3, -0.25) is 0 Å². The summed E-state index contributed by atoms with van der Waals surface area (Å²) in [6.45, 7) is 0.319. The molecule has 1 heterocycles. The van der Waals surface area contributed by atoms with Crippen molar-refractivity contribution in [1.82, 2.24) is 9.97 Å². The quantitative estimate of drug-likeness (QED) is 0.909. The van der Waals surface area contributed by atoms with Gasteiger partial charge in [-0.1, -0.05) is 6.07 Å². The number of nitrogens with one attached hydrogen (secondary N) is 1. The maximum absolute atomic E-state index is 13.3. The number of anilines is 3. The predicted molar refractivity (Wildman–Crippen MR) is 76.8 cm³/mol. The van der Waals surface area contributed by atoms with Gasteiger partial charge in [0.05, 0.1) is 0 Å². The third-order valence-electron chi connectivity index (χ3n) is 2.83. The van der Waals surface area contributed by atoms with E-state index in [0.717, 1.165) is 0 Å². The fourth-order valence-electron chi connectivity index (χ4n) is 1.79. The highest BCUT2D eigenvalue weighted by molar-refractivity contribution is 5.61. The van der Waals surface area contributed by atoms with Crippen LogP contribution in [0.15, 0.2) is 30.3 Å². The van der Waals surface area contributed by atoms with Gasteiger partial charge in [0.1, 0.15) is 24.1 Å². The summed E-state index contributed by atoms with van der Waals surface area (Å²) in [7, 11) is 5.20. The van der Waals surface area contributed by atoms with E-state index in [9.17, 15) is 4.39 Å². The number of nitrogens with zero attached hydrogens (tertiary/aromatic N) is 3. The molecule has 1 N–H and O–H groups in total. The molecule has 5 nitrogen and oxygen atoms in total. The second-order valence-electron chi connectivity index (χ2n) is 4.25. The van der Waals surface area contributed by atoms with Gasteiger partial charge in [0.25, 0.3) is 0 Å². The van der Waals surface area contributed by atoms with Gasteiger partial charge < -0.3 is 15.0 Å². The van der Waals surface area contributed by atoms with E-state index >= 15 is 0 Å². The van der Waals surface area contributed by atoms with Gasteiger partial charge in [0.15, 0.2) is 5.82 Å². The molecule has 0 saturated heterocycles. The van der Waals surface area contributed by atoms with Crippen LogP contribution in [-0.4, -0.2) is 31.2 Å². The van der Waals surface area contributed by atoms with E-state index in [1.165, 1.54) is 12.1 Å². The second-order valence-corrected chi connectivity index (χ2v) is 4.25. The minimum Gasteiger partial charge on any atom is -0.377 e. The number of hydrogen-bond acceptors (Lipinski definition) is 5. The van der Waals surface area contributed by atoms with Gasteiger partial charge in [0.2, 0.25) is 0 Å². The molecular formula is C14H17FN4O. The molecule has 0 saturated carbocycles. The number of rotatable bonds is 5. The fraction of sp³-hybridized carbons (Fsp3) is 0.286. The Kier molecular flexibility index (Phi) is 4.47. The summed E-state index contributed by atoms with van der Waals surface area (Å²) in [4.78, 5) is 10.5. The van der Waals surface area contributed by atoms with Crippen LogP contribution in [0.5, 0.6) is 0 Å². The summed E-state index contributed by atoms with van der Waals surface area (Å²) in [5, 5.41) is 2.98. The molecule has 0 aliphatic heterocycles. The van der Waals surface area contributed by atoms with Gasteiger partial charge >= 0.3 is 0 Å². The van der Waals surface area contributed by atoms with E-state index in [-0.39, 0.29) is 5.82 Å². The number of aromatic nitrogens is 2. The molecule has 1 aromatic heterocycles. The van der Waals surface area contributed by atoms with Crippen molar-refractivity contribution in [2.75, 3.05) is 31.4 Å². The van der Waals surface area contributed by atoms with Gasteiger partial charge in [-0.25, -0.2) is 14.4 Å². The standard InChI is InChI=1S/C14H17FN4O/c1-16-12-8-14(18-13(17-12)9-20-3)19(2)11-6-4-5-10(15)7-11/h4-8H,9H2,1-3H3,(H,16,17,18). The highest BCUT2D eigenvalue weighted by atomic mass is 19.1. The van der Waals surface area contributed by atoms with E-state index in [0.29, 0.717) is 29.8 Å². The maximum Gasteiger partial charge on any atom is 0.158 e. The molecule has 0 aliphatic carbocycles. The Bertz CT molecular complexity index is 591. The smallest absolute Gasteiger partial charge is 0.158 e. The Morgan fingerprint density at radius 2 is 2.10 bits per heavy atom. The minimum absolute atomic E-state index is 0.283. The van der Waals surface area contributed by atoms with E-state index in [1.54, 1.807) is 31.2 Å². The zero-order valence-corrected chi connectivity index (χ0v) is 11.7. The molecule has 0 atom stereocenters. The van der Waals surface area contributed by atoms with Crippen molar-refractivity contribution in [3.8, 4) is 0 Å². The van der Waals surface area contributed by atoms with Crippen molar-refractivity contribution < 1.29 is 9.13 Å². The first-order valence-corrected chi connectivity index (χ1v) is 6.18. The van der Waals surface area contributed by atoms with Crippen LogP contribution >= 0.6 is 0 Å². The number of halogens is 1. The second kappa shape index (κ2) is 6.29. The van der Waals surface area contributed by atoms with Crippen LogP contribution in [0, 0.1) is 5.82 Å². The molecule has 0 aliphatic rings. The van der Waals surface area contributed by atoms with Crippen LogP contribution in [-0.2, 0) is 11.3 Å². The van der Waals surface area contributed by atoms with Gasteiger partial charge in [-0.2, -0.15) is 0 Å². The normalized spacial score (nSPS) is 10.4. The zero-order valence-electron chi connectivity index (χ0n) is 11.7. The lowest BCUT2D eigenvalue weighted by Gasteiger charge is -2.19. The summed E-state index contributed by atoms with van der Waals surface area (Å²) in [5.74, 6) is 1.64. The van der Waals surface area contributed by atoms with Crippen molar-refractivity contribution in [3.63, 3.8) is 0 Å². The largest absolute Gasteiger partial charge is 0.377 e. The summed E-state index contributed by atoms with van der Waals surface area (Å²) in [5.41, 5.74) is 0.717. The summed E-state index contributed by atoms with van der Waals surface area (Å²) >= 11 is 0. The lowest BCUT2D eigenvalue weighted by Crippen LogP contribution is -2.14. The van der Waals surface area contributed by atoms with E-state index < -0.39 is 0 Å². The van der Waals surface area contributed by atoms with Crippen molar-refractivity contribution in [3.05, 3.63) is 42.0 Å². The average molecular weight is 276 g/mol. The molecule has 106 valence electrons. The van der Waals surface area contributed by atoms with Crippen molar-refractivity contribution >= 4 is 17.3 Å². The third-order valence-corrected chi connectivity index (χ3v) is 2.83. The van der Waals surface area contributed by atoms with Crippen LogP contribution in [0.2, 0.25) is 0 Å². The Hall–Kier alpha value is -2.21. The van der Waals surface area contributed by atoms with Gasteiger partial charge in [-0.15, -0.1) is 0 Å². The Morgan fingerprint density at radius 3 is 2.75 bits per heavy atom. The highest BCUT2D eigenvalue weighted by Crippen LogP contribution is 2.24. The molecule has 0 spiro atoms. The summed E-state index contributed by atoms with van der Waals surface area (Å²) in [6, 6.07) is 8.14. The van der Waals surface area contributed by atoms with Crippen LogP contribution in [0.25, 0.3) is 0 Å². The number of hydrogen-bond donors (Lipinski definition) is 1. The molecule has 0 fully saturated rings. The maximum atomic E-state index is 13.3. The fourth-order valence-corrected chi connectivity index (χ4v) is 1.79. The summed E-state index contributed by atoms with van der Waals surface area (Å²) < 4.78 is 18.4. The molecule has 2 aromatic rings. The summed E-state index contributed by atoms with van der Waals surface area (Å²) in [6.07, 6.45) is 0. The molecule has 20 heavy (non-hydrogen) atoms. The minimum atomic E-state index is -0.283. The topological polar surface area (TPSA) is 50.3 Å². The molecular weight excluding hydrogens is 259 g/mol. The predicted octanol–water partition coefficient (Wildman–Crippen LogP) is 2.57. The van der Waals surface area contributed by atoms with Crippen molar-refractivity contribution in [1.29, 1.82) is 0 Å². The molecule has 2 rings (SSSR count). The number of benzene rings is 1. The molecule has 6 heteroatoms.